The predicted octanol–water partition coefficient (Wildman–Crippen LogP) is 4.02. The third kappa shape index (κ3) is 4.86. The maximum atomic E-state index is 13.3. The zero-order chi connectivity index (χ0) is 24.2. The molecule has 0 spiro atoms. The molecule has 10 heteroatoms. The molecule has 4 aromatic rings. The largest absolute Gasteiger partial charge is 0.493 e. The monoisotopic (exact) mass is 483 g/mol. The highest BCUT2D eigenvalue weighted by Gasteiger charge is 2.19. The first-order valence-electron chi connectivity index (χ1n) is 10.3. The number of esters is 1. The fraction of sp³-hybridized carbons (Fsp3) is 0.208. The molecule has 2 heterocycles. The Hall–Kier alpha value is -3.92. The smallest absolute Gasteiger partial charge is 0.348 e. The second-order valence-corrected chi connectivity index (χ2v) is 8.38. The number of carbonyl (C=O) groups is 2. The molecule has 0 aliphatic carbocycles. The summed E-state index contributed by atoms with van der Waals surface area (Å²) in [6.07, 6.45) is 0. The van der Waals surface area contributed by atoms with E-state index in [2.05, 4.69) is 10.4 Å². The number of fused-ring (bicyclic) bond motifs is 1. The van der Waals surface area contributed by atoms with Crippen LogP contribution in [0.4, 0.5) is 4.39 Å². The third-order valence-corrected chi connectivity index (χ3v) is 6.18. The Balaban J connectivity index is 1.38. The van der Waals surface area contributed by atoms with Crippen LogP contribution in [0.2, 0.25) is 0 Å². The molecule has 34 heavy (non-hydrogen) atoms. The van der Waals surface area contributed by atoms with Crippen molar-refractivity contribution in [3.63, 3.8) is 0 Å². The number of benzene rings is 2. The van der Waals surface area contributed by atoms with Crippen molar-refractivity contribution in [3.05, 3.63) is 70.5 Å². The number of nitrogens with zero attached hydrogens (tertiary/aromatic N) is 2. The van der Waals surface area contributed by atoms with Crippen molar-refractivity contribution >= 4 is 33.4 Å². The topological polar surface area (TPSA) is 91.7 Å². The fourth-order valence-corrected chi connectivity index (χ4v) is 4.43. The zero-order valence-corrected chi connectivity index (χ0v) is 19.6. The summed E-state index contributed by atoms with van der Waals surface area (Å²) in [4.78, 5) is 25.8. The lowest BCUT2D eigenvalue weighted by molar-refractivity contribution is -0.124. The Bertz CT molecular complexity index is 1350. The van der Waals surface area contributed by atoms with Crippen molar-refractivity contribution < 1.29 is 28.2 Å². The van der Waals surface area contributed by atoms with Crippen molar-refractivity contribution in [1.29, 1.82) is 0 Å². The lowest BCUT2D eigenvalue weighted by Crippen LogP contribution is -2.28. The lowest BCUT2D eigenvalue weighted by atomic mass is 10.2. The van der Waals surface area contributed by atoms with Crippen molar-refractivity contribution in [2.24, 2.45) is 0 Å². The van der Waals surface area contributed by atoms with Crippen molar-refractivity contribution in [2.45, 2.75) is 13.5 Å². The maximum Gasteiger partial charge on any atom is 0.348 e. The van der Waals surface area contributed by atoms with Gasteiger partial charge in [0.2, 0.25) is 0 Å². The number of hydrogen-bond acceptors (Lipinski definition) is 7. The summed E-state index contributed by atoms with van der Waals surface area (Å²) in [5.74, 6) is -0.235. The summed E-state index contributed by atoms with van der Waals surface area (Å²) in [5.41, 5.74) is 2.21. The van der Waals surface area contributed by atoms with Crippen molar-refractivity contribution in [3.8, 4) is 17.2 Å². The molecule has 0 aliphatic heterocycles. The van der Waals surface area contributed by atoms with E-state index in [-0.39, 0.29) is 12.4 Å². The number of methoxy groups -OCH3 is 2. The highest BCUT2D eigenvalue weighted by atomic mass is 32.1. The minimum atomic E-state index is -0.604. The Morgan fingerprint density at radius 1 is 1.06 bits per heavy atom. The van der Waals surface area contributed by atoms with E-state index < -0.39 is 18.5 Å². The van der Waals surface area contributed by atoms with Crippen LogP contribution in [0.25, 0.3) is 15.9 Å². The van der Waals surface area contributed by atoms with Crippen LogP contribution in [-0.4, -0.2) is 42.5 Å². The van der Waals surface area contributed by atoms with Gasteiger partial charge in [-0.1, -0.05) is 6.07 Å². The van der Waals surface area contributed by atoms with E-state index in [1.54, 1.807) is 48.2 Å². The molecule has 1 amide bonds. The highest BCUT2D eigenvalue weighted by Crippen LogP contribution is 2.31. The zero-order valence-electron chi connectivity index (χ0n) is 18.8. The van der Waals surface area contributed by atoms with Crippen LogP contribution in [0, 0.1) is 12.7 Å². The molecule has 0 bridgehead atoms. The van der Waals surface area contributed by atoms with Gasteiger partial charge in [-0.2, -0.15) is 5.10 Å². The van der Waals surface area contributed by atoms with E-state index in [1.165, 1.54) is 30.6 Å². The molecule has 0 aliphatic rings. The van der Waals surface area contributed by atoms with Gasteiger partial charge in [-0.15, -0.1) is 11.3 Å². The molecule has 176 valence electrons. The van der Waals surface area contributed by atoms with E-state index in [4.69, 9.17) is 14.2 Å². The van der Waals surface area contributed by atoms with E-state index in [0.717, 1.165) is 21.5 Å². The summed E-state index contributed by atoms with van der Waals surface area (Å²) in [6, 6.07) is 12.9. The molecule has 0 saturated carbocycles. The van der Waals surface area contributed by atoms with Crippen LogP contribution in [0.5, 0.6) is 11.5 Å². The van der Waals surface area contributed by atoms with Crippen molar-refractivity contribution in [1.82, 2.24) is 15.1 Å². The summed E-state index contributed by atoms with van der Waals surface area (Å²) >= 11 is 1.20. The standard InChI is InChI=1S/C24H22FN3O5S/c1-14-18-11-21(34-23(18)28(27-14)17-7-5-16(25)6-8-17)24(30)33-13-22(29)26-12-15-4-9-19(31-2)20(10-15)32-3/h4-11H,12-13H2,1-3H3,(H,26,29). The number of nitrogens with one attached hydrogen (secondary N) is 1. The Morgan fingerprint density at radius 3 is 2.50 bits per heavy atom. The van der Waals surface area contributed by atoms with Gasteiger partial charge in [0.05, 0.1) is 25.6 Å². The van der Waals surface area contributed by atoms with Gasteiger partial charge in [0.1, 0.15) is 15.5 Å². The molecular formula is C24H22FN3O5S. The molecule has 1 N–H and O–H groups in total. The SMILES string of the molecule is COc1ccc(CNC(=O)COC(=O)c2cc3c(C)nn(-c4ccc(F)cc4)c3s2)cc1OC. The summed E-state index contributed by atoms with van der Waals surface area (Å²) < 4.78 is 30.6. The van der Waals surface area contributed by atoms with E-state index >= 15 is 0 Å². The van der Waals surface area contributed by atoms with E-state index in [0.29, 0.717) is 22.1 Å². The predicted molar refractivity (Wildman–Crippen MR) is 125 cm³/mol. The van der Waals surface area contributed by atoms with E-state index in [1.807, 2.05) is 6.92 Å². The number of hydrogen-bond donors (Lipinski definition) is 1. The number of amides is 1. The average molecular weight is 484 g/mol. The van der Waals surface area contributed by atoms with Gasteiger partial charge in [0, 0.05) is 11.9 Å². The fourth-order valence-electron chi connectivity index (χ4n) is 3.35. The summed E-state index contributed by atoms with van der Waals surface area (Å²) in [5, 5.41) is 7.97. The first kappa shape index (κ1) is 23.2. The van der Waals surface area contributed by atoms with Crippen molar-refractivity contribution in [2.75, 3.05) is 20.8 Å². The molecule has 2 aromatic carbocycles. The molecular weight excluding hydrogens is 461 g/mol. The van der Waals surface area contributed by atoms with Crippen LogP contribution in [0.1, 0.15) is 20.9 Å². The number of rotatable bonds is 8. The highest BCUT2D eigenvalue weighted by molar-refractivity contribution is 7.20. The van der Waals surface area contributed by atoms with Gasteiger partial charge < -0.3 is 19.5 Å². The number of halogens is 1. The second-order valence-electron chi connectivity index (χ2n) is 7.35. The minimum absolute atomic E-state index is 0.242. The first-order chi connectivity index (χ1) is 16.4. The number of carbonyl (C=O) groups excluding carboxylic acids is 2. The number of ether oxygens (including phenoxy) is 3. The Morgan fingerprint density at radius 2 is 1.79 bits per heavy atom. The van der Waals surface area contributed by atoms with Gasteiger partial charge in [-0.3, -0.25) is 4.79 Å². The number of aromatic nitrogens is 2. The molecule has 0 unspecified atom stereocenters. The van der Waals surface area contributed by atoms with Gasteiger partial charge in [-0.05, 0) is 55.0 Å². The molecule has 0 fully saturated rings. The average Bonchev–Trinajstić information content (AvgIpc) is 3.42. The van der Waals surface area contributed by atoms with Crippen LogP contribution >= 0.6 is 11.3 Å². The summed E-state index contributed by atoms with van der Waals surface area (Å²) in [6.45, 7) is 1.65. The third-order valence-electron chi connectivity index (χ3n) is 5.09. The van der Waals surface area contributed by atoms with Crippen LogP contribution in [0.3, 0.4) is 0 Å². The van der Waals surface area contributed by atoms with Crippen LogP contribution in [-0.2, 0) is 16.1 Å². The first-order valence-corrected chi connectivity index (χ1v) is 11.1. The van der Waals surface area contributed by atoms with E-state index in [9.17, 15) is 14.0 Å². The Labute approximate surface area is 198 Å². The van der Waals surface area contributed by atoms with Crippen LogP contribution in [0.15, 0.2) is 48.5 Å². The second kappa shape index (κ2) is 9.92. The van der Waals surface area contributed by atoms with Gasteiger partial charge >= 0.3 is 5.97 Å². The lowest BCUT2D eigenvalue weighted by Gasteiger charge is -2.10. The molecule has 0 saturated heterocycles. The number of aryl methyl sites for hydroxylation is 1. The summed E-state index contributed by atoms with van der Waals surface area (Å²) in [7, 11) is 3.08. The molecule has 8 nitrogen and oxygen atoms in total. The van der Waals surface area contributed by atoms with Gasteiger partial charge in [-0.25, -0.2) is 13.9 Å². The Kier molecular flexibility index (Phi) is 6.78. The molecule has 2 aromatic heterocycles. The van der Waals surface area contributed by atoms with Gasteiger partial charge in [0.15, 0.2) is 18.1 Å². The normalized spacial score (nSPS) is 10.8. The quantitative estimate of drug-likeness (QED) is 0.381. The van der Waals surface area contributed by atoms with Gasteiger partial charge in [0.25, 0.3) is 5.91 Å². The molecule has 0 atom stereocenters. The van der Waals surface area contributed by atoms with Crippen LogP contribution < -0.4 is 14.8 Å². The molecule has 4 rings (SSSR count). The maximum absolute atomic E-state index is 13.3. The molecule has 0 radical (unpaired) electrons. The number of thiophene rings is 1. The minimum Gasteiger partial charge on any atom is -0.493 e.